The third-order valence-electron chi connectivity index (χ3n) is 2.78. The molecule has 2 aromatic carbocycles. The van der Waals surface area contributed by atoms with Crippen LogP contribution in [0.2, 0.25) is 0 Å². The number of aryl methyl sites for hydroxylation is 1. The molecule has 18 heavy (non-hydrogen) atoms. The zero-order chi connectivity index (χ0) is 13.0. The normalized spacial score (nSPS) is 10.1. The molecule has 0 aliphatic carbocycles. The fourth-order valence-electron chi connectivity index (χ4n) is 1.65. The van der Waals surface area contributed by atoms with Gasteiger partial charge in [0.2, 0.25) is 0 Å². The monoisotopic (exact) mass is 242 g/mol. The molecule has 3 nitrogen and oxygen atoms in total. The summed E-state index contributed by atoms with van der Waals surface area (Å²) in [5, 5.41) is 9.53. The lowest BCUT2D eigenvalue weighted by molar-refractivity contribution is 0.112. The van der Waals surface area contributed by atoms with Gasteiger partial charge in [0, 0.05) is 6.07 Å². The number of carbonyl (C=O) groups is 1. The first-order valence-electron chi connectivity index (χ1n) is 5.66. The van der Waals surface area contributed by atoms with Crippen LogP contribution in [0.1, 0.15) is 21.5 Å². The quantitative estimate of drug-likeness (QED) is 0.838. The molecular weight excluding hydrogens is 228 g/mol. The molecular formula is C15H14O3. The minimum Gasteiger partial charge on any atom is -0.507 e. The van der Waals surface area contributed by atoms with Gasteiger partial charge in [-0.15, -0.1) is 0 Å². The highest BCUT2D eigenvalue weighted by atomic mass is 16.5. The number of carbonyl (C=O) groups excluding carboxylic acids is 1. The van der Waals surface area contributed by atoms with Crippen LogP contribution in [0, 0.1) is 6.92 Å². The second-order valence-electron chi connectivity index (χ2n) is 4.05. The summed E-state index contributed by atoms with van der Waals surface area (Å²) in [7, 11) is 0. The minimum atomic E-state index is -0.0627. The Morgan fingerprint density at radius 1 is 1.22 bits per heavy atom. The second-order valence-corrected chi connectivity index (χ2v) is 4.05. The van der Waals surface area contributed by atoms with Gasteiger partial charge < -0.3 is 9.84 Å². The van der Waals surface area contributed by atoms with Crippen molar-refractivity contribution >= 4 is 6.29 Å². The summed E-state index contributed by atoms with van der Waals surface area (Å²) in [5.41, 5.74) is 2.51. The lowest BCUT2D eigenvalue weighted by atomic mass is 10.1. The third-order valence-corrected chi connectivity index (χ3v) is 2.78. The van der Waals surface area contributed by atoms with E-state index in [9.17, 15) is 9.90 Å². The van der Waals surface area contributed by atoms with Gasteiger partial charge in [-0.25, -0.2) is 0 Å². The molecule has 92 valence electrons. The summed E-state index contributed by atoms with van der Waals surface area (Å²) in [6.07, 6.45) is 0.612. The summed E-state index contributed by atoms with van der Waals surface area (Å²) in [6, 6.07) is 12.6. The predicted octanol–water partition coefficient (Wildman–Crippen LogP) is 3.09. The summed E-state index contributed by atoms with van der Waals surface area (Å²) < 4.78 is 5.58. The zero-order valence-corrected chi connectivity index (χ0v) is 10.1. The van der Waals surface area contributed by atoms with Crippen LogP contribution in [-0.2, 0) is 6.61 Å². The Morgan fingerprint density at radius 3 is 2.67 bits per heavy atom. The summed E-state index contributed by atoms with van der Waals surface area (Å²) in [4.78, 5) is 10.6. The molecule has 0 spiro atoms. The van der Waals surface area contributed by atoms with Crippen molar-refractivity contribution in [2.24, 2.45) is 0 Å². The van der Waals surface area contributed by atoms with E-state index in [1.54, 1.807) is 6.07 Å². The first kappa shape index (κ1) is 12.2. The van der Waals surface area contributed by atoms with E-state index in [4.69, 9.17) is 4.74 Å². The second kappa shape index (κ2) is 5.36. The van der Waals surface area contributed by atoms with E-state index < -0.39 is 0 Å². The van der Waals surface area contributed by atoms with Crippen LogP contribution in [-0.4, -0.2) is 11.4 Å². The summed E-state index contributed by atoms with van der Waals surface area (Å²) >= 11 is 0. The van der Waals surface area contributed by atoms with Crippen LogP contribution < -0.4 is 4.74 Å². The standard InChI is InChI=1S/C15H14O3/c1-11-4-2-3-5-13(11)10-18-14-7-6-12(9-16)15(17)8-14/h2-9,17H,10H2,1H3. The molecule has 0 unspecified atom stereocenters. The van der Waals surface area contributed by atoms with Gasteiger partial charge in [0.15, 0.2) is 6.29 Å². The van der Waals surface area contributed by atoms with E-state index in [-0.39, 0.29) is 11.3 Å². The van der Waals surface area contributed by atoms with Crippen molar-refractivity contribution in [1.29, 1.82) is 0 Å². The maximum atomic E-state index is 10.6. The van der Waals surface area contributed by atoms with Crippen LogP contribution in [0.3, 0.4) is 0 Å². The van der Waals surface area contributed by atoms with E-state index in [1.165, 1.54) is 12.1 Å². The van der Waals surface area contributed by atoms with Crippen molar-refractivity contribution in [1.82, 2.24) is 0 Å². The summed E-state index contributed by atoms with van der Waals surface area (Å²) in [6.45, 7) is 2.46. The molecule has 0 radical (unpaired) electrons. The minimum absolute atomic E-state index is 0.0627. The van der Waals surface area contributed by atoms with Crippen molar-refractivity contribution < 1.29 is 14.6 Å². The van der Waals surface area contributed by atoms with E-state index in [2.05, 4.69) is 0 Å². The Hall–Kier alpha value is -2.29. The molecule has 0 saturated heterocycles. The number of phenols is 1. The van der Waals surface area contributed by atoms with Gasteiger partial charge in [-0.3, -0.25) is 4.79 Å². The first-order chi connectivity index (χ1) is 8.70. The van der Waals surface area contributed by atoms with E-state index in [1.807, 2.05) is 31.2 Å². The van der Waals surface area contributed by atoms with Gasteiger partial charge in [-0.05, 0) is 30.2 Å². The number of rotatable bonds is 4. The number of aromatic hydroxyl groups is 1. The molecule has 0 amide bonds. The number of benzene rings is 2. The third kappa shape index (κ3) is 2.69. The highest BCUT2D eigenvalue weighted by Gasteiger charge is 2.03. The van der Waals surface area contributed by atoms with Crippen molar-refractivity contribution in [3.05, 3.63) is 59.2 Å². The molecule has 0 saturated carbocycles. The van der Waals surface area contributed by atoms with Gasteiger partial charge >= 0.3 is 0 Å². The molecule has 0 fully saturated rings. The Bertz CT molecular complexity index is 561. The van der Waals surface area contributed by atoms with Crippen LogP contribution in [0.25, 0.3) is 0 Å². The van der Waals surface area contributed by atoms with Gasteiger partial charge in [0.25, 0.3) is 0 Å². The van der Waals surface area contributed by atoms with Crippen LogP contribution in [0.4, 0.5) is 0 Å². The average Bonchev–Trinajstić information content (AvgIpc) is 2.38. The van der Waals surface area contributed by atoms with Crippen LogP contribution >= 0.6 is 0 Å². The Morgan fingerprint density at radius 2 is 2.00 bits per heavy atom. The molecule has 0 heterocycles. The molecule has 1 N–H and O–H groups in total. The topological polar surface area (TPSA) is 46.5 Å². The van der Waals surface area contributed by atoms with E-state index in [0.717, 1.165) is 11.1 Å². The van der Waals surface area contributed by atoms with Gasteiger partial charge in [-0.1, -0.05) is 24.3 Å². The fraction of sp³-hybridized carbons (Fsp3) is 0.133. The fourth-order valence-corrected chi connectivity index (χ4v) is 1.65. The average molecular weight is 242 g/mol. The number of aldehydes is 1. The molecule has 0 aliphatic heterocycles. The Labute approximate surface area is 106 Å². The Balaban J connectivity index is 2.09. The van der Waals surface area contributed by atoms with Gasteiger partial charge in [0.1, 0.15) is 18.1 Å². The SMILES string of the molecule is Cc1ccccc1COc1ccc(C=O)c(O)c1. The predicted molar refractivity (Wildman–Crippen MR) is 69.0 cm³/mol. The van der Waals surface area contributed by atoms with E-state index >= 15 is 0 Å². The van der Waals surface area contributed by atoms with Gasteiger partial charge in [0.05, 0.1) is 5.56 Å². The first-order valence-corrected chi connectivity index (χ1v) is 5.66. The van der Waals surface area contributed by atoms with E-state index in [0.29, 0.717) is 18.6 Å². The lowest BCUT2D eigenvalue weighted by Gasteiger charge is -2.09. The largest absolute Gasteiger partial charge is 0.507 e. The number of ether oxygens (including phenoxy) is 1. The maximum Gasteiger partial charge on any atom is 0.153 e. The zero-order valence-electron chi connectivity index (χ0n) is 10.1. The van der Waals surface area contributed by atoms with Crippen molar-refractivity contribution in [2.75, 3.05) is 0 Å². The molecule has 0 aliphatic rings. The lowest BCUT2D eigenvalue weighted by Crippen LogP contribution is -1.97. The van der Waals surface area contributed by atoms with Crippen molar-refractivity contribution in [3.63, 3.8) is 0 Å². The highest BCUT2D eigenvalue weighted by Crippen LogP contribution is 2.23. The molecule has 2 rings (SSSR count). The molecule has 0 bridgehead atoms. The smallest absolute Gasteiger partial charge is 0.153 e. The summed E-state index contributed by atoms with van der Waals surface area (Å²) in [5.74, 6) is 0.480. The maximum absolute atomic E-state index is 10.6. The number of phenolic OH excluding ortho intramolecular Hbond substituents is 1. The molecule has 0 aromatic heterocycles. The molecule has 2 aromatic rings. The molecule has 3 heteroatoms. The highest BCUT2D eigenvalue weighted by molar-refractivity contribution is 5.79. The van der Waals surface area contributed by atoms with Crippen molar-refractivity contribution in [3.8, 4) is 11.5 Å². The number of hydrogen-bond donors (Lipinski definition) is 1. The van der Waals surface area contributed by atoms with Crippen LogP contribution in [0.15, 0.2) is 42.5 Å². The number of hydrogen-bond acceptors (Lipinski definition) is 3. The van der Waals surface area contributed by atoms with Crippen molar-refractivity contribution in [2.45, 2.75) is 13.5 Å². The molecule has 0 atom stereocenters. The van der Waals surface area contributed by atoms with Gasteiger partial charge in [-0.2, -0.15) is 0 Å². The van der Waals surface area contributed by atoms with Crippen LogP contribution in [0.5, 0.6) is 11.5 Å². The Kier molecular flexibility index (Phi) is 3.63.